The molecule has 0 unspecified atom stereocenters. The van der Waals surface area contributed by atoms with Crippen molar-refractivity contribution < 1.29 is 23.5 Å². The molecule has 31 heavy (non-hydrogen) atoms. The average molecular weight is 428 g/mol. The Balaban J connectivity index is 1.97. The lowest BCUT2D eigenvalue weighted by Crippen LogP contribution is -2.48. The Morgan fingerprint density at radius 3 is 2.61 bits per heavy atom. The summed E-state index contributed by atoms with van der Waals surface area (Å²) >= 11 is 0. The predicted octanol–water partition coefficient (Wildman–Crippen LogP) is 2.91. The number of rotatable bonds is 10. The first-order chi connectivity index (χ1) is 15.0. The van der Waals surface area contributed by atoms with Gasteiger partial charge in [0.15, 0.2) is 0 Å². The third-order valence-corrected chi connectivity index (χ3v) is 5.01. The lowest BCUT2D eigenvalue weighted by Gasteiger charge is -2.32. The van der Waals surface area contributed by atoms with Crippen molar-refractivity contribution in [3.8, 4) is 0 Å². The molecule has 8 heteroatoms. The summed E-state index contributed by atoms with van der Waals surface area (Å²) in [5.41, 5.74) is 2.81. The molecule has 0 spiro atoms. The van der Waals surface area contributed by atoms with Gasteiger partial charge >= 0.3 is 12.0 Å². The number of carbonyl (C=O) groups excluding carboxylic acids is 2. The number of ether oxygens (including phenoxy) is 2. The van der Waals surface area contributed by atoms with Crippen LogP contribution in [-0.2, 0) is 20.8 Å². The highest BCUT2D eigenvalue weighted by Gasteiger charge is 2.34. The van der Waals surface area contributed by atoms with Crippen molar-refractivity contribution in [2.75, 3.05) is 33.4 Å². The first-order valence-electron chi connectivity index (χ1n) is 10.3. The summed E-state index contributed by atoms with van der Waals surface area (Å²) in [5, 5.41) is 5.68. The van der Waals surface area contributed by atoms with Crippen molar-refractivity contribution >= 4 is 12.0 Å². The number of carbonyl (C=O) groups is 2. The fraction of sp³-hybridized carbons (Fsp3) is 0.391. The highest BCUT2D eigenvalue weighted by atomic mass is 16.5. The first kappa shape index (κ1) is 22.6. The van der Waals surface area contributed by atoms with E-state index in [1.165, 1.54) is 0 Å². The van der Waals surface area contributed by atoms with Crippen molar-refractivity contribution in [2.45, 2.75) is 26.4 Å². The first-order valence-corrected chi connectivity index (χ1v) is 10.3. The third kappa shape index (κ3) is 5.96. The number of benzene rings is 1. The van der Waals surface area contributed by atoms with Crippen LogP contribution in [0.15, 0.2) is 58.3 Å². The van der Waals surface area contributed by atoms with Gasteiger partial charge in [0.2, 0.25) is 0 Å². The molecule has 2 heterocycles. The number of hydrogen-bond donors (Lipinski definition) is 2. The van der Waals surface area contributed by atoms with Crippen molar-refractivity contribution in [1.29, 1.82) is 0 Å². The SMILES string of the molecule is CCOC(=O)C1=C(CN(CCOC)Cc2ccco2)NC(=O)N[C@@H]1c1ccc(C)cc1. The maximum absolute atomic E-state index is 12.9. The van der Waals surface area contributed by atoms with Gasteiger partial charge in [0.1, 0.15) is 5.76 Å². The molecule has 0 aliphatic carbocycles. The van der Waals surface area contributed by atoms with E-state index in [4.69, 9.17) is 13.9 Å². The Hall–Kier alpha value is -3.10. The van der Waals surface area contributed by atoms with Crippen LogP contribution in [0.25, 0.3) is 0 Å². The minimum Gasteiger partial charge on any atom is -0.468 e. The van der Waals surface area contributed by atoms with Gasteiger partial charge in [-0.1, -0.05) is 29.8 Å². The van der Waals surface area contributed by atoms with Crippen LogP contribution in [0, 0.1) is 6.92 Å². The monoisotopic (exact) mass is 427 g/mol. The molecule has 1 aromatic heterocycles. The van der Waals surface area contributed by atoms with Gasteiger partial charge in [-0.25, -0.2) is 9.59 Å². The summed E-state index contributed by atoms with van der Waals surface area (Å²) in [6, 6.07) is 10.5. The van der Waals surface area contributed by atoms with Gasteiger partial charge in [-0.05, 0) is 31.5 Å². The number of esters is 1. The molecule has 1 atom stereocenters. The zero-order valence-corrected chi connectivity index (χ0v) is 18.1. The van der Waals surface area contributed by atoms with Crippen LogP contribution in [0.3, 0.4) is 0 Å². The zero-order chi connectivity index (χ0) is 22.2. The van der Waals surface area contributed by atoms with Crippen LogP contribution < -0.4 is 10.6 Å². The van der Waals surface area contributed by atoms with Crippen molar-refractivity contribution in [3.63, 3.8) is 0 Å². The Bertz CT molecular complexity index is 906. The van der Waals surface area contributed by atoms with Crippen molar-refractivity contribution in [1.82, 2.24) is 15.5 Å². The van der Waals surface area contributed by atoms with E-state index in [0.717, 1.165) is 16.9 Å². The second-order valence-corrected chi connectivity index (χ2v) is 7.34. The number of nitrogens with one attached hydrogen (secondary N) is 2. The van der Waals surface area contributed by atoms with Gasteiger partial charge in [0.05, 0.1) is 37.6 Å². The number of hydrogen-bond acceptors (Lipinski definition) is 6. The Morgan fingerprint density at radius 2 is 1.97 bits per heavy atom. The largest absolute Gasteiger partial charge is 0.468 e. The van der Waals surface area contributed by atoms with Gasteiger partial charge in [-0.15, -0.1) is 0 Å². The molecule has 8 nitrogen and oxygen atoms in total. The number of methoxy groups -OCH3 is 1. The topological polar surface area (TPSA) is 93.0 Å². The van der Waals surface area contributed by atoms with Gasteiger partial charge in [-0.3, -0.25) is 4.90 Å². The summed E-state index contributed by atoms with van der Waals surface area (Å²) in [5.74, 6) is 0.324. The zero-order valence-electron chi connectivity index (χ0n) is 18.1. The summed E-state index contributed by atoms with van der Waals surface area (Å²) in [6.07, 6.45) is 1.62. The number of urea groups is 1. The lowest BCUT2D eigenvalue weighted by atomic mass is 9.94. The predicted molar refractivity (Wildman–Crippen MR) is 115 cm³/mol. The molecule has 3 rings (SSSR count). The molecule has 0 fully saturated rings. The average Bonchev–Trinajstić information content (AvgIpc) is 3.25. The molecule has 1 aromatic carbocycles. The van der Waals surface area contributed by atoms with E-state index in [-0.39, 0.29) is 12.6 Å². The molecule has 0 radical (unpaired) electrons. The lowest BCUT2D eigenvalue weighted by molar-refractivity contribution is -0.139. The second kappa shape index (κ2) is 10.8. The van der Waals surface area contributed by atoms with Crippen LogP contribution in [0.4, 0.5) is 4.79 Å². The van der Waals surface area contributed by atoms with Crippen LogP contribution in [0.1, 0.15) is 29.9 Å². The van der Waals surface area contributed by atoms with E-state index in [9.17, 15) is 9.59 Å². The van der Waals surface area contributed by atoms with E-state index in [1.807, 2.05) is 43.3 Å². The van der Waals surface area contributed by atoms with Gasteiger partial charge in [0, 0.05) is 25.9 Å². The maximum Gasteiger partial charge on any atom is 0.338 e. The van der Waals surface area contributed by atoms with E-state index in [0.29, 0.717) is 37.5 Å². The highest BCUT2D eigenvalue weighted by molar-refractivity contribution is 5.95. The summed E-state index contributed by atoms with van der Waals surface area (Å²) in [4.78, 5) is 27.5. The van der Waals surface area contributed by atoms with Gasteiger partial charge in [-0.2, -0.15) is 0 Å². The molecule has 0 saturated carbocycles. The quantitative estimate of drug-likeness (QED) is 0.567. The van der Waals surface area contributed by atoms with Crippen molar-refractivity contribution in [2.24, 2.45) is 0 Å². The molecule has 1 aliphatic heterocycles. The summed E-state index contributed by atoms with van der Waals surface area (Å²) in [6.45, 7) is 5.91. The minimum atomic E-state index is -0.601. The number of furan rings is 1. The molecule has 2 amide bonds. The fourth-order valence-electron chi connectivity index (χ4n) is 3.48. The summed E-state index contributed by atoms with van der Waals surface area (Å²) in [7, 11) is 1.63. The molecular formula is C23H29N3O5. The molecular weight excluding hydrogens is 398 g/mol. The Kier molecular flexibility index (Phi) is 7.86. The maximum atomic E-state index is 12.9. The highest BCUT2D eigenvalue weighted by Crippen LogP contribution is 2.28. The van der Waals surface area contributed by atoms with E-state index in [1.54, 1.807) is 20.3 Å². The smallest absolute Gasteiger partial charge is 0.338 e. The van der Waals surface area contributed by atoms with Crippen LogP contribution in [0.5, 0.6) is 0 Å². The summed E-state index contributed by atoms with van der Waals surface area (Å²) < 4.78 is 16.1. The van der Waals surface area contributed by atoms with E-state index < -0.39 is 12.0 Å². The van der Waals surface area contributed by atoms with Crippen LogP contribution in [0.2, 0.25) is 0 Å². The molecule has 0 bridgehead atoms. The van der Waals surface area contributed by atoms with E-state index in [2.05, 4.69) is 15.5 Å². The van der Waals surface area contributed by atoms with Gasteiger partial charge in [0.25, 0.3) is 0 Å². The van der Waals surface area contributed by atoms with Crippen molar-refractivity contribution in [3.05, 3.63) is 70.8 Å². The Labute approximate surface area is 182 Å². The minimum absolute atomic E-state index is 0.240. The standard InChI is InChI=1S/C23H29N3O5/c1-4-30-22(27)20-19(15-26(11-13-29-3)14-18-6-5-12-31-18)24-23(28)25-21(20)17-9-7-16(2)8-10-17/h5-10,12,21H,4,11,13-15H2,1-3H3,(H2,24,25,28)/t21-/m1/s1. The normalized spacial score (nSPS) is 16.3. The number of amides is 2. The van der Waals surface area contributed by atoms with Crippen LogP contribution >= 0.6 is 0 Å². The molecule has 166 valence electrons. The molecule has 2 aromatic rings. The number of aryl methyl sites for hydroxylation is 1. The number of nitrogens with zero attached hydrogens (tertiary/aromatic N) is 1. The third-order valence-electron chi connectivity index (χ3n) is 5.01. The van der Waals surface area contributed by atoms with E-state index >= 15 is 0 Å². The Morgan fingerprint density at radius 1 is 1.19 bits per heavy atom. The second-order valence-electron chi connectivity index (χ2n) is 7.34. The fourth-order valence-corrected chi connectivity index (χ4v) is 3.48. The molecule has 1 aliphatic rings. The molecule has 0 saturated heterocycles. The van der Waals surface area contributed by atoms with Gasteiger partial charge < -0.3 is 24.5 Å². The molecule has 2 N–H and O–H groups in total. The van der Waals surface area contributed by atoms with Crippen LogP contribution in [-0.4, -0.2) is 50.3 Å².